The second-order valence-electron chi connectivity index (χ2n) is 5.97. The van der Waals surface area contributed by atoms with Crippen molar-refractivity contribution in [3.8, 4) is 0 Å². The maximum atomic E-state index is 11.2. The predicted molar refractivity (Wildman–Crippen MR) is 105 cm³/mol. The third-order valence-corrected chi connectivity index (χ3v) is 3.73. The first kappa shape index (κ1) is 17.4. The number of nitrogens with one attached hydrogen (secondary N) is 2. The van der Waals surface area contributed by atoms with E-state index in [0.29, 0.717) is 5.95 Å². The summed E-state index contributed by atoms with van der Waals surface area (Å²) in [6.07, 6.45) is 1.73. The van der Waals surface area contributed by atoms with Gasteiger partial charge in [0, 0.05) is 38.1 Å². The zero-order chi connectivity index (χ0) is 18.4. The van der Waals surface area contributed by atoms with Crippen molar-refractivity contribution in [1.29, 1.82) is 0 Å². The number of hydrogen-bond donors (Lipinski definition) is 2. The van der Waals surface area contributed by atoms with Crippen molar-refractivity contribution in [2.45, 2.75) is 13.5 Å². The second-order valence-corrected chi connectivity index (χ2v) is 5.97. The molecule has 0 radical (unpaired) electrons. The highest BCUT2D eigenvalue weighted by Gasteiger charge is 2.06. The van der Waals surface area contributed by atoms with Crippen LogP contribution in [-0.4, -0.2) is 22.9 Å². The predicted octanol–water partition coefficient (Wildman–Crippen LogP) is 3.82. The molecule has 0 aliphatic rings. The number of anilines is 4. The number of amides is 1. The first-order valence-corrected chi connectivity index (χ1v) is 8.33. The Balaban J connectivity index is 1.72. The van der Waals surface area contributed by atoms with Gasteiger partial charge in [0.05, 0.1) is 0 Å². The van der Waals surface area contributed by atoms with Gasteiger partial charge in [0.25, 0.3) is 0 Å². The summed E-state index contributed by atoms with van der Waals surface area (Å²) in [7, 11) is 2.00. The largest absolute Gasteiger partial charge is 0.355 e. The van der Waals surface area contributed by atoms with Crippen LogP contribution in [-0.2, 0) is 11.3 Å². The maximum absolute atomic E-state index is 11.2. The molecule has 1 amide bonds. The van der Waals surface area contributed by atoms with E-state index in [9.17, 15) is 4.79 Å². The summed E-state index contributed by atoms with van der Waals surface area (Å²) < 4.78 is 0. The molecule has 0 saturated carbocycles. The first-order valence-electron chi connectivity index (χ1n) is 8.33. The lowest BCUT2D eigenvalue weighted by Crippen LogP contribution is -2.18. The molecule has 0 unspecified atom stereocenters. The minimum atomic E-state index is -0.108. The van der Waals surface area contributed by atoms with Crippen LogP contribution in [0, 0.1) is 0 Å². The number of carbonyl (C=O) groups excluding carboxylic acids is 1. The van der Waals surface area contributed by atoms with E-state index in [1.165, 1.54) is 12.5 Å². The highest BCUT2D eigenvalue weighted by molar-refractivity contribution is 5.89. The van der Waals surface area contributed by atoms with Crippen LogP contribution in [0.3, 0.4) is 0 Å². The van der Waals surface area contributed by atoms with Crippen LogP contribution >= 0.6 is 0 Å². The fraction of sp³-hybridized carbons (Fsp3) is 0.150. The topological polar surface area (TPSA) is 70.2 Å². The Morgan fingerprint density at radius 2 is 1.81 bits per heavy atom. The lowest BCUT2D eigenvalue weighted by molar-refractivity contribution is -0.114. The molecule has 3 rings (SSSR count). The third-order valence-electron chi connectivity index (χ3n) is 3.73. The molecular formula is C20H21N5O. The summed E-state index contributed by atoms with van der Waals surface area (Å²) in [6, 6.07) is 19.5. The van der Waals surface area contributed by atoms with E-state index in [1.54, 1.807) is 6.20 Å². The zero-order valence-corrected chi connectivity index (χ0v) is 14.8. The van der Waals surface area contributed by atoms with Gasteiger partial charge in [-0.05, 0) is 29.8 Å². The minimum Gasteiger partial charge on any atom is -0.355 e. The lowest BCUT2D eigenvalue weighted by atomic mass is 10.2. The number of nitrogens with zero attached hydrogens (tertiary/aromatic N) is 3. The molecule has 26 heavy (non-hydrogen) atoms. The molecule has 1 aromatic heterocycles. The van der Waals surface area contributed by atoms with Crippen LogP contribution in [0.15, 0.2) is 66.9 Å². The summed E-state index contributed by atoms with van der Waals surface area (Å²) in [4.78, 5) is 22.1. The van der Waals surface area contributed by atoms with Gasteiger partial charge in [-0.3, -0.25) is 4.79 Å². The van der Waals surface area contributed by atoms with E-state index in [-0.39, 0.29) is 5.91 Å². The monoisotopic (exact) mass is 347 g/mol. The van der Waals surface area contributed by atoms with Crippen molar-refractivity contribution >= 4 is 29.0 Å². The number of hydrogen-bond acceptors (Lipinski definition) is 5. The molecule has 3 aromatic rings. The van der Waals surface area contributed by atoms with Gasteiger partial charge in [-0.1, -0.05) is 36.4 Å². The van der Waals surface area contributed by atoms with E-state index in [2.05, 4.69) is 37.6 Å². The number of rotatable bonds is 6. The molecule has 0 saturated heterocycles. The van der Waals surface area contributed by atoms with Crippen molar-refractivity contribution in [3.05, 3.63) is 72.4 Å². The number of benzene rings is 2. The van der Waals surface area contributed by atoms with E-state index < -0.39 is 0 Å². The van der Waals surface area contributed by atoms with Gasteiger partial charge in [0.1, 0.15) is 5.82 Å². The van der Waals surface area contributed by atoms with Gasteiger partial charge >= 0.3 is 0 Å². The average molecular weight is 347 g/mol. The summed E-state index contributed by atoms with van der Waals surface area (Å²) in [6.45, 7) is 2.24. The molecule has 2 aromatic carbocycles. The van der Waals surface area contributed by atoms with Gasteiger partial charge in [0.15, 0.2) is 0 Å². The van der Waals surface area contributed by atoms with Crippen LogP contribution in [0.2, 0.25) is 0 Å². The van der Waals surface area contributed by atoms with E-state index in [4.69, 9.17) is 0 Å². The van der Waals surface area contributed by atoms with Crippen LogP contribution < -0.4 is 15.5 Å². The SMILES string of the molecule is CC(=O)Nc1cccc(Nc2nccc(N(C)Cc3ccccc3)n2)c1. The van der Waals surface area contributed by atoms with E-state index in [1.807, 2.05) is 55.6 Å². The van der Waals surface area contributed by atoms with Crippen molar-refractivity contribution in [2.75, 3.05) is 22.6 Å². The summed E-state index contributed by atoms with van der Waals surface area (Å²) in [5, 5.41) is 5.94. The van der Waals surface area contributed by atoms with Crippen LogP contribution in [0.25, 0.3) is 0 Å². The van der Waals surface area contributed by atoms with Crippen molar-refractivity contribution in [3.63, 3.8) is 0 Å². The van der Waals surface area contributed by atoms with Crippen LogP contribution in [0.1, 0.15) is 12.5 Å². The molecule has 132 valence electrons. The van der Waals surface area contributed by atoms with Crippen molar-refractivity contribution in [1.82, 2.24) is 9.97 Å². The Labute approximate surface area is 152 Å². The minimum absolute atomic E-state index is 0.108. The lowest BCUT2D eigenvalue weighted by Gasteiger charge is -2.18. The van der Waals surface area contributed by atoms with Gasteiger partial charge in [-0.2, -0.15) is 4.98 Å². The van der Waals surface area contributed by atoms with Gasteiger partial charge < -0.3 is 15.5 Å². The van der Waals surface area contributed by atoms with Crippen molar-refractivity contribution in [2.24, 2.45) is 0 Å². The first-order chi connectivity index (χ1) is 12.6. The molecule has 6 nitrogen and oxygen atoms in total. The highest BCUT2D eigenvalue weighted by Crippen LogP contribution is 2.20. The summed E-state index contributed by atoms with van der Waals surface area (Å²) in [5.74, 6) is 1.22. The standard InChI is InChI=1S/C20H21N5O/c1-15(26)22-17-9-6-10-18(13-17)23-20-21-12-11-19(24-20)25(2)14-16-7-4-3-5-8-16/h3-13H,14H2,1-2H3,(H,22,26)(H,21,23,24). The van der Waals surface area contributed by atoms with E-state index >= 15 is 0 Å². The normalized spacial score (nSPS) is 10.2. The Morgan fingerprint density at radius 1 is 1.04 bits per heavy atom. The fourth-order valence-electron chi connectivity index (χ4n) is 2.57. The van der Waals surface area contributed by atoms with Gasteiger partial charge in [-0.25, -0.2) is 4.98 Å². The van der Waals surface area contributed by atoms with Crippen LogP contribution in [0.4, 0.5) is 23.1 Å². The zero-order valence-electron chi connectivity index (χ0n) is 14.8. The molecule has 1 heterocycles. The Bertz CT molecular complexity index is 882. The Morgan fingerprint density at radius 3 is 2.58 bits per heavy atom. The molecule has 0 aliphatic heterocycles. The molecule has 0 aliphatic carbocycles. The smallest absolute Gasteiger partial charge is 0.229 e. The molecule has 6 heteroatoms. The van der Waals surface area contributed by atoms with E-state index in [0.717, 1.165) is 23.7 Å². The third kappa shape index (κ3) is 4.80. The van der Waals surface area contributed by atoms with Crippen molar-refractivity contribution < 1.29 is 4.79 Å². The number of aromatic nitrogens is 2. The summed E-state index contributed by atoms with van der Waals surface area (Å²) >= 11 is 0. The van der Waals surface area contributed by atoms with Crippen LogP contribution in [0.5, 0.6) is 0 Å². The average Bonchev–Trinajstić information content (AvgIpc) is 2.62. The number of carbonyl (C=O) groups is 1. The molecule has 0 bridgehead atoms. The molecular weight excluding hydrogens is 326 g/mol. The quantitative estimate of drug-likeness (QED) is 0.709. The highest BCUT2D eigenvalue weighted by atomic mass is 16.1. The Kier molecular flexibility index (Phi) is 5.43. The molecule has 2 N–H and O–H groups in total. The summed E-state index contributed by atoms with van der Waals surface area (Å²) in [5.41, 5.74) is 2.74. The second kappa shape index (κ2) is 8.11. The fourth-order valence-corrected chi connectivity index (χ4v) is 2.57. The molecule has 0 spiro atoms. The van der Waals surface area contributed by atoms with Gasteiger partial charge in [0.2, 0.25) is 11.9 Å². The molecule has 0 atom stereocenters. The molecule has 0 fully saturated rings. The van der Waals surface area contributed by atoms with Gasteiger partial charge in [-0.15, -0.1) is 0 Å². The maximum Gasteiger partial charge on any atom is 0.229 e. The Hall–Kier alpha value is -3.41.